The first-order chi connectivity index (χ1) is 13.6. The van der Waals surface area contributed by atoms with Crippen molar-refractivity contribution in [1.82, 2.24) is 10.2 Å². The number of thioether (sulfide) groups is 1. The summed E-state index contributed by atoms with van der Waals surface area (Å²) in [5, 5.41) is 19.0. The Morgan fingerprint density at radius 1 is 1.25 bits per heavy atom. The van der Waals surface area contributed by atoms with Crippen LogP contribution in [-0.2, 0) is 9.53 Å². The number of carbonyl (C=O) groups is 2. The fourth-order valence-corrected chi connectivity index (χ4v) is 5.66. The Kier molecular flexibility index (Phi) is 7.43. The van der Waals surface area contributed by atoms with Crippen molar-refractivity contribution >= 4 is 67.8 Å². The van der Waals surface area contributed by atoms with Gasteiger partial charge < -0.3 is 15.4 Å². The zero-order chi connectivity index (χ0) is 19.9. The summed E-state index contributed by atoms with van der Waals surface area (Å²) in [5.41, 5.74) is 1.18. The lowest BCUT2D eigenvalue weighted by Crippen LogP contribution is -2.16. The van der Waals surface area contributed by atoms with Crippen molar-refractivity contribution in [3.8, 4) is 10.4 Å². The van der Waals surface area contributed by atoms with E-state index in [0.717, 1.165) is 22.1 Å². The van der Waals surface area contributed by atoms with Crippen LogP contribution < -0.4 is 10.6 Å². The lowest BCUT2D eigenvalue weighted by Gasteiger charge is -2.07. The highest BCUT2D eigenvalue weighted by atomic mass is 32.2. The van der Waals surface area contributed by atoms with E-state index in [9.17, 15) is 9.59 Å². The van der Waals surface area contributed by atoms with E-state index in [2.05, 4.69) is 20.8 Å². The molecule has 11 heteroatoms. The molecule has 0 saturated heterocycles. The van der Waals surface area contributed by atoms with Gasteiger partial charge in [0.05, 0.1) is 12.4 Å². The highest BCUT2D eigenvalue weighted by Gasteiger charge is 2.23. The molecule has 28 heavy (non-hydrogen) atoms. The van der Waals surface area contributed by atoms with Crippen molar-refractivity contribution in [1.29, 1.82) is 0 Å². The lowest BCUT2D eigenvalue weighted by atomic mass is 10.1. The molecule has 3 aromatic rings. The average molecular weight is 455 g/mol. The van der Waals surface area contributed by atoms with E-state index in [1.165, 1.54) is 45.8 Å². The van der Waals surface area contributed by atoms with Gasteiger partial charge >= 0.3 is 5.97 Å². The molecule has 0 bridgehead atoms. The summed E-state index contributed by atoms with van der Waals surface area (Å²) in [4.78, 5) is 25.8. The molecule has 3 heterocycles. The molecule has 0 unspecified atom stereocenters. The molecule has 2 N–H and O–H groups in total. The number of rotatable bonds is 9. The molecule has 0 radical (unpaired) electrons. The minimum Gasteiger partial charge on any atom is -0.462 e. The first-order valence-corrected chi connectivity index (χ1v) is 12.0. The molecule has 7 nitrogen and oxygen atoms in total. The van der Waals surface area contributed by atoms with Gasteiger partial charge in [-0.15, -0.1) is 32.9 Å². The largest absolute Gasteiger partial charge is 0.462 e. The number of nitrogens with one attached hydrogen (secondary N) is 2. The SMILES string of the molecule is CCNc1nnc(SCC(=O)Nc2scc(-c3cccs3)c2C(=O)OCC)s1. The van der Waals surface area contributed by atoms with E-state index in [1.807, 2.05) is 29.8 Å². The van der Waals surface area contributed by atoms with E-state index in [1.54, 1.807) is 6.92 Å². The predicted molar refractivity (Wildman–Crippen MR) is 117 cm³/mol. The number of hydrogen-bond acceptors (Lipinski definition) is 10. The summed E-state index contributed by atoms with van der Waals surface area (Å²) in [7, 11) is 0. The van der Waals surface area contributed by atoms with Gasteiger partial charge in [0.1, 0.15) is 10.6 Å². The number of ether oxygens (including phenoxy) is 1. The summed E-state index contributed by atoms with van der Waals surface area (Å²) < 4.78 is 5.90. The third kappa shape index (κ3) is 5.10. The van der Waals surface area contributed by atoms with Crippen molar-refractivity contribution in [3.63, 3.8) is 0 Å². The van der Waals surface area contributed by atoms with E-state index >= 15 is 0 Å². The smallest absolute Gasteiger partial charge is 0.341 e. The highest BCUT2D eigenvalue weighted by molar-refractivity contribution is 8.01. The van der Waals surface area contributed by atoms with Crippen LogP contribution >= 0.6 is 45.8 Å². The number of thiophene rings is 2. The Morgan fingerprint density at radius 3 is 2.82 bits per heavy atom. The Labute approximate surface area is 178 Å². The van der Waals surface area contributed by atoms with Crippen LogP contribution in [0.5, 0.6) is 0 Å². The Bertz CT molecular complexity index is 936. The Hall–Kier alpha value is -1.95. The van der Waals surface area contributed by atoms with Crippen LogP contribution in [0.2, 0.25) is 0 Å². The second-order valence-corrected chi connectivity index (χ2v) is 9.32. The number of anilines is 2. The average Bonchev–Trinajstić information content (AvgIpc) is 3.41. The van der Waals surface area contributed by atoms with Crippen molar-refractivity contribution in [2.45, 2.75) is 18.2 Å². The van der Waals surface area contributed by atoms with Gasteiger partial charge in [-0.25, -0.2) is 4.79 Å². The molecule has 0 spiro atoms. The molecular weight excluding hydrogens is 436 g/mol. The van der Waals surface area contributed by atoms with Gasteiger partial charge in [0.2, 0.25) is 11.0 Å². The molecule has 3 aromatic heterocycles. The monoisotopic (exact) mass is 454 g/mol. The van der Waals surface area contributed by atoms with Crippen LogP contribution in [0.25, 0.3) is 10.4 Å². The summed E-state index contributed by atoms with van der Waals surface area (Å²) in [6.45, 7) is 4.77. The van der Waals surface area contributed by atoms with Gasteiger partial charge in [-0.1, -0.05) is 29.2 Å². The number of aromatic nitrogens is 2. The van der Waals surface area contributed by atoms with Crippen LogP contribution in [0.4, 0.5) is 10.1 Å². The first kappa shape index (κ1) is 20.8. The number of carbonyl (C=O) groups excluding carboxylic acids is 2. The molecule has 0 aromatic carbocycles. The zero-order valence-corrected chi connectivity index (χ0v) is 18.4. The van der Waals surface area contributed by atoms with Crippen LogP contribution in [-0.4, -0.2) is 41.0 Å². The maximum atomic E-state index is 12.5. The van der Waals surface area contributed by atoms with E-state index < -0.39 is 5.97 Å². The van der Waals surface area contributed by atoms with E-state index in [4.69, 9.17) is 4.74 Å². The Balaban J connectivity index is 1.70. The molecule has 0 aliphatic rings. The second-order valence-electron chi connectivity index (χ2n) is 5.29. The second kappa shape index (κ2) is 10.0. The summed E-state index contributed by atoms with van der Waals surface area (Å²) in [6.07, 6.45) is 0. The summed E-state index contributed by atoms with van der Waals surface area (Å²) in [5.74, 6) is -0.472. The molecular formula is C17H18N4O3S4. The maximum absolute atomic E-state index is 12.5. The third-order valence-electron chi connectivity index (χ3n) is 3.37. The quantitative estimate of drug-likeness (QED) is 0.358. The van der Waals surface area contributed by atoms with Gasteiger partial charge in [0.15, 0.2) is 4.34 Å². The number of esters is 1. The molecule has 3 rings (SSSR count). The molecule has 0 aliphatic heterocycles. The number of amides is 1. The van der Waals surface area contributed by atoms with E-state index in [0.29, 0.717) is 14.9 Å². The molecule has 0 atom stereocenters. The van der Waals surface area contributed by atoms with Gasteiger partial charge in [-0.3, -0.25) is 4.79 Å². The minimum atomic E-state index is -0.436. The lowest BCUT2D eigenvalue weighted by molar-refractivity contribution is -0.113. The summed E-state index contributed by atoms with van der Waals surface area (Å²) >= 11 is 5.56. The molecule has 0 aliphatic carbocycles. The molecule has 148 valence electrons. The maximum Gasteiger partial charge on any atom is 0.341 e. The fraction of sp³-hybridized carbons (Fsp3) is 0.294. The standard InChI is InChI=1S/C17H18N4O3S4/c1-3-18-16-20-21-17(28-16)27-9-12(22)19-14-13(15(23)24-4-2)10(8-26-14)11-6-5-7-25-11/h5-8H,3-4,9H2,1-2H3,(H,18,20)(H,19,22). The third-order valence-corrected chi connectivity index (χ3v) is 7.18. The molecule has 0 fully saturated rings. The first-order valence-electron chi connectivity index (χ1n) is 8.44. The van der Waals surface area contributed by atoms with Gasteiger partial charge in [0, 0.05) is 22.4 Å². The number of hydrogen-bond donors (Lipinski definition) is 2. The minimum absolute atomic E-state index is 0.176. The van der Waals surface area contributed by atoms with Crippen LogP contribution in [0.15, 0.2) is 27.2 Å². The van der Waals surface area contributed by atoms with Crippen LogP contribution in [0.3, 0.4) is 0 Å². The van der Waals surface area contributed by atoms with Crippen molar-refractivity contribution < 1.29 is 14.3 Å². The highest BCUT2D eigenvalue weighted by Crippen LogP contribution is 2.38. The van der Waals surface area contributed by atoms with Crippen LogP contribution in [0.1, 0.15) is 24.2 Å². The zero-order valence-electron chi connectivity index (χ0n) is 15.2. The Morgan fingerprint density at radius 2 is 2.11 bits per heavy atom. The summed E-state index contributed by atoms with van der Waals surface area (Å²) in [6, 6.07) is 3.86. The normalized spacial score (nSPS) is 10.6. The van der Waals surface area contributed by atoms with Crippen molar-refractivity contribution in [3.05, 3.63) is 28.5 Å². The fourth-order valence-electron chi connectivity index (χ4n) is 2.25. The predicted octanol–water partition coefficient (Wildman–Crippen LogP) is 4.67. The van der Waals surface area contributed by atoms with Gasteiger partial charge in [-0.2, -0.15) is 0 Å². The van der Waals surface area contributed by atoms with E-state index in [-0.39, 0.29) is 18.3 Å². The number of nitrogens with zero attached hydrogens (tertiary/aromatic N) is 2. The topological polar surface area (TPSA) is 93.2 Å². The van der Waals surface area contributed by atoms with Crippen molar-refractivity contribution in [2.24, 2.45) is 0 Å². The van der Waals surface area contributed by atoms with Crippen molar-refractivity contribution in [2.75, 3.05) is 29.5 Å². The molecule has 1 amide bonds. The van der Waals surface area contributed by atoms with Crippen LogP contribution in [0, 0.1) is 0 Å². The van der Waals surface area contributed by atoms with Gasteiger partial charge in [0.25, 0.3) is 0 Å². The molecule has 0 saturated carbocycles. The van der Waals surface area contributed by atoms with Gasteiger partial charge in [-0.05, 0) is 25.3 Å².